The summed E-state index contributed by atoms with van der Waals surface area (Å²) in [4.78, 5) is 38.1. The Morgan fingerprint density at radius 2 is 2.03 bits per heavy atom. The third-order valence-electron chi connectivity index (χ3n) is 5.41. The molecule has 0 fully saturated rings. The van der Waals surface area contributed by atoms with E-state index in [1.807, 2.05) is 0 Å². The highest BCUT2D eigenvalue weighted by atomic mass is 79.9. The Bertz CT molecular complexity index is 1260. The van der Waals surface area contributed by atoms with Crippen LogP contribution < -0.4 is 15.4 Å². The highest BCUT2D eigenvalue weighted by Gasteiger charge is 2.44. The highest BCUT2D eigenvalue weighted by Crippen LogP contribution is 2.42. The van der Waals surface area contributed by atoms with Crippen molar-refractivity contribution in [3.8, 4) is 11.8 Å². The number of allylic oxidation sites excluding steroid dienone is 1. The van der Waals surface area contributed by atoms with Crippen molar-refractivity contribution in [2.45, 2.75) is 12.8 Å². The van der Waals surface area contributed by atoms with Gasteiger partial charge in [-0.15, -0.1) is 0 Å². The molecule has 0 saturated heterocycles. The molecule has 2 amide bonds. The Labute approximate surface area is 220 Å². The average Bonchev–Trinajstić information content (AvgIpc) is 2.84. The number of benzene rings is 2. The maximum atomic E-state index is 13.0. The number of carbonyl (C=O) groups excluding carboxylic acids is 3. The van der Waals surface area contributed by atoms with Gasteiger partial charge in [-0.25, -0.2) is 0 Å². The molecule has 0 bridgehead atoms. The smallest absolute Gasteiger partial charge is 0.319 e. The lowest BCUT2D eigenvalue weighted by atomic mass is 9.78. The number of ether oxygens (including phenoxy) is 2. The minimum absolute atomic E-state index is 0.0886. The van der Waals surface area contributed by atoms with Crippen LogP contribution in [0.15, 0.2) is 51.5 Å². The summed E-state index contributed by atoms with van der Waals surface area (Å²) in [6, 6.07) is 12.3. The lowest BCUT2D eigenvalue weighted by Gasteiger charge is -2.31. The minimum atomic E-state index is -1.28. The van der Waals surface area contributed by atoms with Crippen LogP contribution in [0.4, 0.5) is 5.69 Å². The predicted molar refractivity (Wildman–Crippen MR) is 137 cm³/mol. The SMILES string of the molecule is COC(=O)[C@@H]1C(=O)NC(SCC(=O)Nc2cccc(Cl)c2C)=C(C#N)[C@@H]1c1ccc(OC)c(Br)c1. The van der Waals surface area contributed by atoms with Gasteiger partial charge >= 0.3 is 5.97 Å². The van der Waals surface area contributed by atoms with Gasteiger partial charge in [0.25, 0.3) is 0 Å². The summed E-state index contributed by atoms with van der Waals surface area (Å²) in [6.45, 7) is 1.79. The summed E-state index contributed by atoms with van der Waals surface area (Å²) >= 11 is 10.5. The zero-order chi connectivity index (χ0) is 25.7. The van der Waals surface area contributed by atoms with Gasteiger partial charge in [0.1, 0.15) is 11.7 Å². The fourth-order valence-corrected chi connectivity index (χ4v) is 5.20. The van der Waals surface area contributed by atoms with E-state index in [1.54, 1.807) is 43.3 Å². The number of hydrogen-bond donors (Lipinski definition) is 2. The number of amides is 2. The molecule has 8 nitrogen and oxygen atoms in total. The minimum Gasteiger partial charge on any atom is -0.496 e. The fraction of sp³-hybridized carbons (Fsp3) is 0.250. The van der Waals surface area contributed by atoms with Gasteiger partial charge in [0.2, 0.25) is 11.8 Å². The van der Waals surface area contributed by atoms with E-state index in [9.17, 15) is 19.6 Å². The molecule has 2 atom stereocenters. The maximum absolute atomic E-state index is 13.0. The number of anilines is 1. The Hall–Kier alpha value is -3.00. The molecule has 0 unspecified atom stereocenters. The fourth-order valence-electron chi connectivity index (χ4n) is 3.62. The number of halogens is 2. The van der Waals surface area contributed by atoms with Crippen molar-refractivity contribution in [1.82, 2.24) is 5.32 Å². The zero-order valence-corrected chi connectivity index (χ0v) is 22.1. The van der Waals surface area contributed by atoms with Crippen molar-refractivity contribution in [2.24, 2.45) is 5.92 Å². The number of hydrogen-bond acceptors (Lipinski definition) is 7. The van der Waals surface area contributed by atoms with Crippen LogP contribution in [-0.4, -0.2) is 37.8 Å². The molecule has 1 aliphatic rings. The van der Waals surface area contributed by atoms with Gasteiger partial charge in [-0.1, -0.05) is 35.5 Å². The molecule has 2 aromatic carbocycles. The van der Waals surface area contributed by atoms with Gasteiger partial charge in [0.05, 0.1) is 41.1 Å². The Balaban J connectivity index is 1.93. The topological polar surface area (TPSA) is 118 Å². The number of carbonyl (C=O) groups is 3. The van der Waals surface area contributed by atoms with Crippen LogP contribution in [-0.2, 0) is 19.1 Å². The average molecular weight is 579 g/mol. The Morgan fingerprint density at radius 1 is 1.29 bits per heavy atom. The van der Waals surface area contributed by atoms with Crippen LogP contribution in [0.25, 0.3) is 0 Å². The van der Waals surface area contributed by atoms with E-state index >= 15 is 0 Å². The summed E-state index contributed by atoms with van der Waals surface area (Å²) in [5.74, 6) is -3.47. The van der Waals surface area contributed by atoms with Crippen LogP contribution in [0, 0.1) is 24.2 Å². The number of methoxy groups -OCH3 is 2. The second-order valence-corrected chi connectivity index (χ2v) is 9.71. The second kappa shape index (κ2) is 11.6. The molecule has 0 saturated carbocycles. The molecule has 0 aromatic heterocycles. The molecule has 11 heteroatoms. The van der Waals surface area contributed by atoms with Crippen molar-refractivity contribution in [3.63, 3.8) is 0 Å². The van der Waals surface area contributed by atoms with Gasteiger partial charge in [-0.3, -0.25) is 14.4 Å². The van der Waals surface area contributed by atoms with E-state index in [2.05, 4.69) is 32.6 Å². The molecule has 0 radical (unpaired) electrons. The zero-order valence-electron chi connectivity index (χ0n) is 19.0. The van der Waals surface area contributed by atoms with Crippen molar-refractivity contribution in [1.29, 1.82) is 5.26 Å². The molecule has 1 aliphatic heterocycles. The van der Waals surface area contributed by atoms with Crippen molar-refractivity contribution >= 4 is 62.8 Å². The Kier molecular flexibility index (Phi) is 8.83. The van der Waals surface area contributed by atoms with E-state index in [-0.39, 0.29) is 22.3 Å². The summed E-state index contributed by atoms with van der Waals surface area (Å²) in [7, 11) is 2.69. The molecule has 182 valence electrons. The quantitative estimate of drug-likeness (QED) is 0.366. The third kappa shape index (κ3) is 5.81. The second-order valence-electron chi connectivity index (χ2n) is 7.47. The monoisotopic (exact) mass is 577 g/mol. The van der Waals surface area contributed by atoms with E-state index in [1.165, 1.54) is 14.2 Å². The van der Waals surface area contributed by atoms with E-state index in [4.69, 9.17) is 21.1 Å². The molecule has 3 rings (SSSR count). The van der Waals surface area contributed by atoms with Gasteiger partial charge in [0, 0.05) is 16.6 Å². The van der Waals surface area contributed by atoms with Crippen LogP contribution in [0.3, 0.4) is 0 Å². The largest absolute Gasteiger partial charge is 0.496 e. The first-order chi connectivity index (χ1) is 16.7. The van der Waals surface area contributed by atoms with Crippen molar-refractivity contribution < 1.29 is 23.9 Å². The van der Waals surface area contributed by atoms with Gasteiger partial charge in [0.15, 0.2) is 0 Å². The van der Waals surface area contributed by atoms with Gasteiger partial charge in [-0.05, 0) is 58.2 Å². The van der Waals surface area contributed by atoms with Gasteiger partial charge < -0.3 is 20.1 Å². The third-order valence-corrected chi connectivity index (χ3v) is 7.45. The number of nitriles is 1. The first kappa shape index (κ1) is 26.6. The molecular weight excluding hydrogens is 558 g/mol. The lowest BCUT2D eigenvalue weighted by molar-refractivity contribution is -0.150. The molecule has 0 spiro atoms. The van der Waals surface area contributed by atoms with Gasteiger partial charge in [-0.2, -0.15) is 5.26 Å². The Morgan fingerprint density at radius 3 is 2.66 bits per heavy atom. The molecule has 0 aliphatic carbocycles. The molecule has 2 aromatic rings. The van der Waals surface area contributed by atoms with Crippen molar-refractivity contribution in [2.75, 3.05) is 25.3 Å². The number of rotatable bonds is 7. The predicted octanol–water partition coefficient (Wildman–Crippen LogP) is 4.53. The van der Waals surface area contributed by atoms with Crippen LogP contribution in [0.2, 0.25) is 5.02 Å². The van der Waals surface area contributed by atoms with Crippen LogP contribution in [0.1, 0.15) is 17.0 Å². The molecular formula is C24H21BrClN3O5S. The van der Waals surface area contributed by atoms with Crippen LogP contribution in [0.5, 0.6) is 5.75 Å². The maximum Gasteiger partial charge on any atom is 0.319 e. The molecule has 35 heavy (non-hydrogen) atoms. The standard InChI is InChI=1S/C24H21BrClN3O5S/c1-12-16(26)5-4-6-17(12)28-19(30)11-35-23-14(10-27)20(21(22(31)29-23)24(32)34-3)13-7-8-18(33-2)15(25)9-13/h4-9,20-21H,11H2,1-3H3,(H,28,30)(H,29,31)/t20-,21-/m0/s1. The summed E-state index contributed by atoms with van der Waals surface area (Å²) in [6.07, 6.45) is 0. The molecule has 1 heterocycles. The summed E-state index contributed by atoms with van der Waals surface area (Å²) < 4.78 is 10.7. The van der Waals surface area contributed by atoms with Crippen molar-refractivity contribution in [3.05, 3.63) is 67.6 Å². The number of nitrogens with one attached hydrogen (secondary N) is 2. The summed E-state index contributed by atoms with van der Waals surface area (Å²) in [5.41, 5.74) is 1.98. The summed E-state index contributed by atoms with van der Waals surface area (Å²) in [5, 5.41) is 16.1. The number of esters is 1. The lowest BCUT2D eigenvalue weighted by Crippen LogP contribution is -2.44. The van der Waals surface area contributed by atoms with E-state index in [0.717, 1.165) is 17.3 Å². The van der Waals surface area contributed by atoms with E-state index in [0.29, 0.717) is 26.5 Å². The van der Waals surface area contributed by atoms with E-state index < -0.39 is 23.7 Å². The normalized spacial score (nSPS) is 17.3. The number of nitrogens with zero attached hydrogens (tertiary/aromatic N) is 1. The van der Waals surface area contributed by atoms with Crippen LogP contribution >= 0.6 is 39.3 Å². The first-order valence-corrected chi connectivity index (χ1v) is 12.4. The molecule has 2 N–H and O–H groups in total. The number of thioether (sulfide) groups is 1. The first-order valence-electron chi connectivity index (χ1n) is 10.3. The highest BCUT2D eigenvalue weighted by molar-refractivity contribution is 9.10.